The minimum Gasteiger partial charge on any atom is -0.307 e. The summed E-state index contributed by atoms with van der Waals surface area (Å²) in [6.45, 7) is 0. The highest BCUT2D eigenvalue weighted by Gasteiger charge is 2.25. The number of allylic oxidation sites excluding steroid dienone is 8. The zero-order chi connectivity index (χ0) is 21.2. The summed E-state index contributed by atoms with van der Waals surface area (Å²) in [7, 11) is 0. The van der Waals surface area contributed by atoms with E-state index in [2.05, 4.69) is 27.7 Å². The summed E-state index contributed by atoms with van der Waals surface area (Å²) in [5.41, 5.74) is 4.58. The molecule has 158 valence electrons. The molecule has 0 spiro atoms. The lowest BCUT2D eigenvalue weighted by molar-refractivity contribution is -0.118. The molecule has 31 heavy (non-hydrogen) atoms. The van der Waals surface area contributed by atoms with Gasteiger partial charge in [0.15, 0.2) is 11.6 Å². The van der Waals surface area contributed by atoms with Gasteiger partial charge in [0.25, 0.3) is 0 Å². The number of aromatic nitrogens is 2. The number of hydrogen-bond acceptors (Lipinski definition) is 3. The second kappa shape index (κ2) is 8.62. The van der Waals surface area contributed by atoms with Crippen LogP contribution in [0.4, 0.5) is 0 Å². The molecule has 4 nitrogen and oxygen atoms in total. The maximum Gasteiger partial charge on any atom is 0.167 e. The second-order valence-electron chi connectivity index (χ2n) is 9.02. The molecule has 0 saturated heterocycles. The molecule has 0 radical (unpaired) electrons. The minimum absolute atomic E-state index is 0.00371. The summed E-state index contributed by atoms with van der Waals surface area (Å²) in [4.78, 5) is 29.7. The molecule has 4 heteroatoms. The topological polar surface area (TPSA) is 51.4 Å². The van der Waals surface area contributed by atoms with Crippen LogP contribution in [-0.4, -0.2) is 21.0 Å². The molecule has 0 aromatic carbocycles. The molecule has 5 rings (SSSR count). The summed E-state index contributed by atoms with van der Waals surface area (Å²) in [6, 6.07) is 4.24. The molecule has 1 fully saturated rings. The van der Waals surface area contributed by atoms with Gasteiger partial charge in [0.1, 0.15) is 5.65 Å². The highest BCUT2D eigenvalue weighted by Crippen LogP contribution is 2.31. The second-order valence-corrected chi connectivity index (χ2v) is 9.02. The number of rotatable bonds is 8. The zero-order valence-electron chi connectivity index (χ0n) is 17.8. The normalized spacial score (nSPS) is 20.4. The Morgan fingerprint density at radius 1 is 1.10 bits per heavy atom. The van der Waals surface area contributed by atoms with E-state index in [-0.39, 0.29) is 17.5 Å². The number of hydrogen-bond donors (Lipinski definition) is 0. The Morgan fingerprint density at radius 2 is 2.00 bits per heavy atom. The molecule has 2 aromatic rings. The van der Waals surface area contributed by atoms with Crippen molar-refractivity contribution < 1.29 is 9.59 Å². The molecule has 1 saturated carbocycles. The predicted octanol–water partition coefficient (Wildman–Crippen LogP) is 5.14. The molecule has 2 heterocycles. The van der Waals surface area contributed by atoms with Crippen molar-refractivity contribution in [3.8, 4) is 0 Å². The number of Topliss-reactive ketones (excluding diaryl/α,β-unsaturated/α-hetero) is 1. The van der Waals surface area contributed by atoms with E-state index in [1.54, 1.807) is 0 Å². The summed E-state index contributed by atoms with van der Waals surface area (Å²) in [6.07, 6.45) is 24.0. The first-order chi connectivity index (χ1) is 15.2. The van der Waals surface area contributed by atoms with Crippen molar-refractivity contribution in [2.75, 3.05) is 0 Å². The van der Waals surface area contributed by atoms with Crippen LogP contribution in [0.15, 0.2) is 72.1 Å². The molecule has 0 N–H and O–H groups in total. The maximum absolute atomic E-state index is 12.7. The van der Waals surface area contributed by atoms with Crippen LogP contribution in [0, 0.1) is 11.8 Å². The van der Waals surface area contributed by atoms with Gasteiger partial charge in [0.2, 0.25) is 0 Å². The van der Waals surface area contributed by atoms with Gasteiger partial charge in [-0.05, 0) is 54.5 Å². The molecule has 3 aliphatic carbocycles. The number of imidazole rings is 1. The first-order valence-corrected chi connectivity index (χ1v) is 11.5. The van der Waals surface area contributed by atoms with Gasteiger partial charge in [-0.25, -0.2) is 4.98 Å². The quantitative estimate of drug-likeness (QED) is 0.603. The number of nitrogens with zero attached hydrogens (tertiary/aromatic N) is 2. The van der Waals surface area contributed by atoms with E-state index in [9.17, 15) is 9.59 Å². The first kappa shape index (κ1) is 19.9. The van der Waals surface area contributed by atoms with Crippen molar-refractivity contribution in [2.45, 2.75) is 51.4 Å². The Balaban J connectivity index is 1.20. The van der Waals surface area contributed by atoms with Gasteiger partial charge in [0.05, 0.1) is 11.6 Å². The smallest absolute Gasteiger partial charge is 0.167 e. The maximum atomic E-state index is 12.7. The van der Waals surface area contributed by atoms with Gasteiger partial charge in [-0.15, -0.1) is 0 Å². The Hall–Kier alpha value is -3.01. The molecular formula is C27H28N2O2. The largest absolute Gasteiger partial charge is 0.307 e. The lowest BCUT2D eigenvalue weighted by Crippen LogP contribution is -2.19. The summed E-state index contributed by atoms with van der Waals surface area (Å²) in [5.74, 6) is 0.709. The number of aryl methyl sites for hydroxylation is 2. The van der Waals surface area contributed by atoms with Gasteiger partial charge in [-0.2, -0.15) is 0 Å². The van der Waals surface area contributed by atoms with E-state index < -0.39 is 0 Å². The van der Waals surface area contributed by atoms with Crippen molar-refractivity contribution in [3.63, 3.8) is 0 Å². The standard InChI is InChI=1S/C27H28N2O2/c30-25(22-15-21-9-1-2-10-24(21)26(31)16-22)13-12-23-18-29-17-20(11-14-27(29)28-23)8-4-7-19-5-3-6-19/h1-2,9-11,14-19,24H,3-8,12-13H2. The molecule has 1 unspecified atom stereocenters. The number of ketones is 2. The lowest BCUT2D eigenvalue weighted by atomic mass is 9.81. The monoisotopic (exact) mass is 412 g/mol. The number of carbonyl (C=O) groups excluding carboxylic acids is 2. The molecule has 2 aromatic heterocycles. The van der Waals surface area contributed by atoms with E-state index in [0.717, 1.165) is 29.3 Å². The van der Waals surface area contributed by atoms with Crippen molar-refractivity contribution in [3.05, 3.63) is 83.4 Å². The highest BCUT2D eigenvalue weighted by molar-refractivity contribution is 6.09. The first-order valence-electron chi connectivity index (χ1n) is 11.5. The van der Waals surface area contributed by atoms with Crippen LogP contribution in [0.25, 0.3) is 5.65 Å². The predicted molar refractivity (Wildman–Crippen MR) is 122 cm³/mol. The minimum atomic E-state index is -0.233. The molecule has 0 bridgehead atoms. The Morgan fingerprint density at radius 3 is 2.84 bits per heavy atom. The Kier molecular flexibility index (Phi) is 5.54. The number of carbonyl (C=O) groups is 2. The van der Waals surface area contributed by atoms with E-state index in [4.69, 9.17) is 0 Å². The fourth-order valence-electron chi connectivity index (χ4n) is 4.70. The van der Waals surface area contributed by atoms with Crippen LogP contribution in [0.1, 0.15) is 49.8 Å². The van der Waals surface area contributed by atoms with Crippen LogP contribution in [-0.2, 0) is 22.4 Å². The Labute approximate surface area is 183 Å². The fraction of sp³-hybridized carbons (Fsp3) is 0.370. The zero-order valence-corrected chi connectivity index (χ0v) is 17.8. The summed E-state index contributed by atoms with van der Waals surface area (Å²) in [5, 5.41) is 0. The molecule has 3 aliphatic rings. The molecule has 0 amide bonds. The van der Waals surface area contributed by atoms with Crippen LogP contribution in [0.5, 0.6) is 0 Å². The van der Waals surface area contributed by atoms with E-state index in [1.807, 2.05) is 36.6 Å². The number of pyridine rings is 1. The van der Waals surface area contributed by atoms with Gasteiger partial charge >= 0.3 is 0 Å². The van der Waals surface area contributed by atoms with Crippen molar-refractivity contribution in [2.24, 2.45) is 11.8 Å². The highest BCUT2D eigenvalue weighted by atomic mass is 16.1. The van der Waals surface area contributed by atoms with E-state index in [1.165, 1.54) is 43.7 Å². The van der Waals surface area contributed by atoms with E-state index in [0.29, 0.717) is 18.4 Å². The van der Waals surface area contributed by atoms with Gasteiger partial charge in [-0.1, -0.05) is 56.1 Å². The third-order valence-electron chi connectivity index (χ3n) is 6.78. The summed E-state index contributed by atoms with van der Waals surface area (Å²) >= 11 is 0. The lowest BCUT2D eigenvalue weighted by Gasteiger charge is -2.24. The Bertz CT molecular complexity index is 1140. The summed E-state index contributed by atoms with van der Waals surface area (Å²) < 4.78 is 2.08. The number of fused-ring (bicyclic) bond motifs is 2. The van der Waals surface area contributed by atoms with E-state index >= 15 is 0 Å². The molecule has 0 aliphatic heterocycles. The fourth-order valence-corrected chi connectivity index (χ4v) is 4.70. The SMILES string of the molecule is O=C(CCc1cn2cc(CCCC3CCC3)ccc2n1)C1=CC(=O)C2C=CC=CC2=C1. The van der Waals surface area contributed by atoms with Crippen molar-refractivity contribution in [1.29, 1.82) is 0 Å². The van der Waals surface area contributed by atoms with Crippen LogP contribution in [0.3, 0.4) is 0 Å². The van der Waals surface area contributed by atoms with Gasteiger partial charge in [0, 0.05) is 24.4 Å². The van der Waals surface area contributed by atoms with Gasteiger partial charge in [-0.3, -0.25) is 9.59 Å². The van der Waals surface area contributed by atoms with Crippen LogP contribution in [0.2, 0.25) is 0 Å². The van der Waals surface area contributed by atoms with Gasteiger partial charge < -0.3 is 4.40 Å². The van der Waals surface area contributed by atoms with Crippen molar-refractivity contribution >= 4 is 17.2 Å². The van der Waals surface area contributed by atoms with Crippen LogP contribution >= 0.6 is 0 Å². The third-order valence-corrected chi connectivity index (χ3v) is 6.78. The third kappa shape index (κ3) is 4.39. The average Bonchev–Trinajstić information content (AvgIpc) is 3.16. The molecule has 1 atom stereocenters. The molecular weight excluding hydrogens is 384 g/mol. The van der Waals surface area contributed by atoms with Crippen molar-refractivity contribution in [1.82, 2.24) is 9.38 Å². The van der Waals surface area contributed by atoms with Crippen LogP contribution < -0.4 is 0 Å². The average molecular weight is 413 g/mol.